The molecule has 0 saturated heterocycles. The van der Waals surface area contributed by atoms with Gasteiger partial charge in [0.05, 0.1) is 12.1 Å². The van der Waals surface area contributed by atoms with Gasteiger partial charge < -0.3 is 9.47 Å². The van der Waals surface area contributed by atoms with Crippen LogP contribution in [0.5, 0.6) is 5.75 Å². The SMILES string of the molecule is CC(C)c1ccc(C(=O)Oc2ccc(C3=NCCO3)cc2)cc1. The molecule has 1 heterocycles. The molecule has 0 aliphatic carbocycles. The minimum atomic E-state index is -0.359. The highest BCUT2D eigenvalue weighted by molar-refractivity contribution is 5.95. The summed E-state index contributed by atoms with van der Waals surface area (Å²) >= 11 is 0. The topological polar surface area (TPSA) is 47.9 Å². The van der Waals surface area contributed by atoms with E-state index in [4.69, 9.17) is 9.47 Å². The molecular formula is C19H19NO3. The third-order valence-electron chi connectivity index (χ3n) is 3.71. The van der Waals surface area contributed by atoms with E-state index in [1.54, 1.807) is 24.3 Å². The molecule has 0 spiro atoms. The molecule has 1 aliphatic heterocycles. The standard InChI is InChI=1S/C19H19NO3/c1-13(2)14-3-5-16(6-4-14)19(21)23-17-9-7-15(8-10-17)18-20-11-12-22-18/h3-10,13H,11-12H2,1-2H3. The van der Waals surface area contributed by atoms with Crippen LogP contribution in [-0.2, 0) is 4.74 Å². The van der Waals surface area contributed by atoms with Crippen molar-refractivity contribution in [1.82, 2.24) is 0 Å². The van der Waals surface area contributed by atoms with Crippen LogP contribution in [0, 0.1) is 0 Å². The number of hydrogen-bond donors (Lipinski definition) is 0. The molecule has 0 saturated carbocycles. The molecular weight excluding hydrogens is 290 g/mol. The molecule has 0 atom stereocenters. The van der Waals surface area contributed by atoms with Crippen LogP contribution in [0.1, 0.15) is 41.3 Å². The number of hydrogen-bond acceptors (Lipinski definition) is 4. The molecule has 0 N–H and O–H groups in total. The first kappa shape index (κ1) is 15.3. The van der Waals surface area contributed by atoms with E-state index >= 15 is 0 Å². The Kier molecular flexibility index (Phi) is 4.42. The molecule has 0 radical (unpaired) electrons. The zero-order valence-electron chi connectivity index (χ0n) is 13.3. The van der Waals surface area contributed by atoms with Crippen molar-refractivity contribution in [2.75, 3.05) is 13.2 Å². The lowest BCUT2D eigenvalue weighted by atomic mass is 10.0. The van der Waals surface area contributed by atoms with Crippen molar-refractivity contribution in [3.05, 3.63) is 65.2 Å². The number of nitrogens with zero attached hydrogens (tertiary/aromatic N) is 1. The van der Waals surface area contributed by atoms with E-state index in [1.807, 2.05) is 24.3 Å². The fourth-order valence-electron chi connectivity index (χ4n) is 2.35. The highest BCUT2D eigenvalue weighted by Gasteiger charge is 2.12. The zero-order chi connectivity index (χ0) is 16.2. The van der Waals surface area contributed by atoms with E-state index in [9.17, 15) is 4.79 Å². The van der Waals surface area contributed by atoms with Gasteiger partial charge in [0.25, 0.3) is 0 Å². The number of benzene rings is 2. The fourth-order valence-corrected chi connectivity index (χ4v) is 2.35. The average Bonchev–Trinajstić information content (AvgIpc) is 3.10. The molecule has 4 heteroatoms. The maximum Gasteiger partial charge on any atom is 0.343 e. The molecule has 23 heavy (non-hydrogen) atoms. The Morgan fingerprint density at radius 3 is 2.35 bits per heavy atom. The van der Waals surface area contributed by atoms with Crippen molar-refractivity contribution in [3.8, 4) is 5.75 Å². The van der Waals surface area contributed by atoms with Crippen molar-refractivity contribution < 1.29 is 14.3 Å². The maximum absolute atomic E-state index is 12.2. The van der Waals surface area contributed by atoms with Crippen molar-refractivity contribution in [2.24, 2.45) is 4.99 Å². The predicted octanol–water partition coefficient (Wildman–Crippen LogP) is 3.81. The van der Waals surface area contributed by atoms with E-state index in [0.29, 0.717) is 36.3 Å². The number of esters is 1. The summed E-state index contributed by atoms with van der Waals surface area (Å²) in [4.78, 5) is 16.4. The van der Waals surface area contributed by atoms with Crippen LogP contribution in [0.2, 0.25) is 0 Å². The molecule has 0 unspecified atom stereocenters. The van der Waals surface area contributed by atoms with Gasteiger partial charge in [0.1, 0.15) is 12.4 Å². The van der Waals surface area contributed by atoms with Gasteiger partial charge in [-0.1, -0.05) is 26.0 Å². The number of carbonyl (C=O) groups excluding carboxylic acids is 1. The highest BCUT2D eigenvalue weighted by Crippen LogP contribution is 2.18. The van der Waals surface area contributed by atoms with Gasteiger partial charge in [-0.25, -0.2) is 9.79 Å². The molecule has 0 aromatic heterocycles. The Morgan fingerprint density at radius 1 is 1.09 bits per heavy atom. The van der Waals surface area contributed by atoms with Gasteiger partial charge in [0.15, 0.2) is 0 Å². The highest BCUT2D eigenvalue weighted by atomic mass is 16.5. The number of carbonyl (C=O) groups is 1. The number of ether oxygens (including phenoxy) is 2. The third-order valence-corrected chi connectivity index (χ3v) is 3.71. The Hall–Kier alpha value is -2.62. The smallest absolute Gasteiger partial charge is 0.343 e. The quantitative estimate of drug-likeness (QED) is 0.637. The Morgan fingerprint density at radius 2 is 1.78 bits per heavy atom. The van der Waals surface area contributed by atoms with E-state index in [2.05, 4.69) is 18.8 Å². The molecule has 0 fully saturated rings. The largest absolute Gasteiger partial charge is 0.476 e. The summed E-state index contributed by atoms with van der Waals surface area (Å²) in [5.74, 6) is 1.23. The molecule has 0 bridgehead atoms. The van der Waals surface area contributed by atoms with Crippen LogP contribution in [0.15, 0.2) is 53.5 Å². The van der Waals surface area contributed by atoms with Crippen LogP contribution in [-0.4, -0.2) is 25.0 Å². The molecule has 4 nitrogen and oxygen atoms in total. The van der Waals surface area contributed by atoms with Crippen LogP contribution in [0.25, 0.3) is 0 Å². The van der Waals surface area contributed by atoms with Crippen LogP contribution < -0.4 is 4.74 Å². The summed E-state index contributed by atoms with van der Waals surface area (Å²) in [6, 6.07) is 14.7. The first-order valence-electron chi connectivity index (χ1n) is 7.73. The Balaban J connectivity index is 1.67. The van der Waals surface area contributed by atoms with Gasteiger partial charge >= 0.3 is 5.97 Å². The van der Waals surface area contributed by atoms with Gasteiger partial charge in [0.2, 0.25) is 5.90 Å². The average molecular weight is 309 g/mol. The van der Waals surface area contributed by atoms with E-state index in [0.717, 1.165) is 5.56 Å². The number of rotatable bonds is 4. The van der Waals surface area contributed by atoms with Crippen molar-refractivity contribution in [3.63, 3.8) is 0 Å². The van der Waals surface area contributed by atoms with E-state index < -0.39 is 0 Å². The molecule has 2 aromatic carbocycles. The summed E-state index contributed by atoms with van der Waals surface area (Å²) in [6.07, 6.45) is 0. The summed E-state index contributed by atoms with van der Waals surface area (Å²) in [7, 11) is 0. The Bertz CT molecular complexity index is 715. The zero-order valence-corrected chi connectivity index (χ0v) is 13.3. The van der Waals surface area contributed by atoms with Crippen molar-refractivity contribution >= 4 is 11.9 Å². The summed E-state index contributed by atoms with van der Waals surface area (Å²) in [6.45, 7) is 5.55. The second-order valence-electron chi connectivity index (χ2n) is 5.73. The predicted molar refractivity (Wildman–Crippen MR) is 89.3 cm³/mol. The number of aliphatic imine (C=N–C) groups is 1. The summed E-state index contributed by atoms with van der Waals surface area (Å²) in [5, 5.41) is 0. The lowest BCUT2D eigenvalue weighted by Crippen LogP contribution is -2.09. The van der Waals surface area contributed by atoms with Gasteiger partial charge in [0, 0.05) is 5.56 Å². The first-order chi connectivity index (χ1) is 11.1. The minimum absolute atomic E-state index is 0.359. The van der Waals surface area contributed by atoms with E-state index in [-0.39, 0.29) is 5.97 Å². The van der Waals surface area contributed by atoms with Crippen LogP contribution >= 0.6 is 0 Å². The van der Waals surface area contributed by atoms with Crippen LogP contribution in [0.4, 0.5) is 0 Å². The van der Waals surface area contributed by atoms with Crippen LogP contribution in [0.3, 0.4) is 0 Å². The van der Waals surface area contributed by atoms with Gasteiger partial charge in [-0.2, -0.15) is 0 Å². The second kappa shape index (κ2) is 6.65. The Labute approximate surface area is 135 Å². The summed E-state index contributed by atoms with van der Waals surface area (Å²) in [5.41, 5.74) is 2.63. The normalized spacial score (nSPS) is 13.6. The second-order valence-corrected chi connectivity index (χ2v) is 5.73. The van der Waals surface area contributed by atoms with E-state index in [1.165, 1.54) is 5.56 Å². The van der Waals surface area contributed by atoms with Gasteiger partial charge in [-0.05, 0) is 47.9 Å². The molecule has 1 aliphatic rings. The first-order valence-corrected chi connectivity index (χ1v) is 7.73. The molecule has 0 amide bonds. The van der Waals surface area contributed by atoms with Crippen molar-refractivity contribution in [1.29, 1.82) is 0 Å². The lowest BCUT2D eigenvalue weighted by Gasteiger charge is -2.08. The lowest BCUT2D eigenvalue weighted by molar-refractivity contribution is 0.0734. The summed E-state index contributed by atoms with van der Waals surface area (Å²) < 4.78 is 10.8. The molecule has 3 rings (SSSR count). The molecule has 118 valence electrons. The monoisotopic (exact) mass is 309 g/mol. The maximum atomic E-state index is 12.2. The van der Waals surface area contributed by atoms with Gasteiger partial charge in [-0.15, -0.1) is 0 Å². The van der Waals surface area contributed by atoms with Crippen molar-refractivity contribution in [2.45, 2.75) is 19.8 Å². The third kappa shape index (κ3) is 3.59. The fraction of sp³-hybridized carbons (Fsp3) is 0.263. The van der Waals surface area contributed by atoms with Gasteiger partial charge in [-0.3, -0.25) is 0 Å². The molecule has 2 aromatic rings. The minimum Gasteiger partial charge on any atom is -0.476 e.